The van der Waals surface area contributed by atoms with Crippen LogP contribution in [-0.2, 0) is 17.3 Å². The summed E-state index contributed by atoms with van der Waals surface area (Å²) in [4.78, 5) is 32.3. The van der Waals surface area contributed by atoms with E-state index in [1.54, 1.807) is 26.8 Å². The summed E-state index contributed by atoms with van der Waals surface area (Å²) in [5, 5.41) is 23.6. The smallest absolute Gasteiger partial charge is 0.434 e. The zero-order chi connectivity index (χ0) is 29.5. The molecule has 1 N–H and O–H groups in total. The van der Waals surface area contributed by atoms with Crippen molar-refractivity contribution in [2.45, 2.75) is 39.0 Å². The first-order valence-electron chi connectivity index (χ1n) is 12.2. The highest BCUT2D eigenvalue weighted by Crippen LogP contribution is 2.38. The average molecular weight is 566 g/mol. The van der Waals surface area contributed by atoms with Gasteiger partial charge in [-0.25, -0.2) is 14.5 Å². The predicted molar refractivity (Wildman–Crippen MR) is 138 cm³/mol. The molecule has 0 aliphatic carbocycles. The topological polar surface area (TPSA) is 144 Å². The quantitative estimate of drug-likeness (QED) is 0.386. The minimum Gasteiger partial charge on any atom is -0.443 e. The number of pyridine rings is 1. The van der Waals surface area contributed by atoms with E-state index in [1.165, 1.54) is 41.7 Å². The van der Waals surface area contributed by atoms with Gasteiger partial charge in [-0.2, -0.15) is 33.7 Å². The number of ether oxygens (including phenoxy) is 1. The Kier molecular flexibility index (Phi) is 6.69. The minimum atomic E-state index is -4.97. The Morgan fingerprint density at radius 3 is 2.44 bits per heavy atom. The molecule has 0 fully saturated rings. The van der Waals surface area contributed by atoms with Crippen LogP contribution >= 0.6 is 0 Å². The molecule has 0 saturated heterocycles. The average Bonchev–Trinajstić information content (AvgIpc) is 3.66. The zero-order valence-electron chi connectivity index (χ0n) is 22.0. The molecule has 15 heteroatoms. The van der Waals surface area contributed by atoms with Crippen molar-refractivity contribution in [3.05, 3.63) is 71.4 Å². The molecule has 2 amide bonds. The van der Waals surface area contributed by atoms with Crippen LogP contribution in [0, 0.1) is 11.3 Å². The number of aromatic nitrogens is 6. The first-order chi connectivity index (χ1) is 19.4. The van der Waals surface area contributed by atoms with Gasteiger partial charge in [-0.1, -0.05) is 6.07 Å². The van der Waals surface area contributed by atoms with Gasteiger partial charge >= 0.3 is 12.3 Å². The van der Waals surface area contributed by atoms with Crippen LogP contribution in [0.15, 0.2) is 49.1 Å². The van der Waals surface area contributed by atoms with Crippen LogP contribution in [0.3, 0.4) is 0 Å². The van der Waals surface area contributed by atoms with Gasteiger partial charge < -0.3 is 10.1 Å². The van der Waals surface area contributed by atoms with Gasteiger partial charge in [-0.15, -0.1) is 4.80 Å². The third-order valence-corrected chi connectivity index (χ3v) is 5.98. The second-order valence-corrected chi connectivity index (χ2v) is 9.95. The second kappa shape index (κ2) is 10.0. The number of carbonyl (C=O) groups is 2. The maximum absolute atomic E-state index is 14.4. The molecule has 4 heterocycles. The van der Waals surface area contributed by atoms with Gasteiger partial charge in [-0.05, 0) is 45.4 Å². The van der Waals surface area contributed by atoms with Crippen molar-refractivity contribution in [1.82, 2.24) is 29.8 Å². The van der Waals surface area contributed by atoms with Gasteiger partial charge in [0.15, 0.2) is 11.5 Å². The minimum absolute atomic E-state index is 0.0138. The standard InChI is InChI=1S/C26H22F3N9O3/c1-25(2,3)41-24(40)36-10-7-17-19(36)5-4-6-20(17)37-21(26(27,28)29)18(14-34-37)23(39)35-16-11-15(12-30)22(31-13-16)38-32-8-9-33-38/h4-6,8-9,11,13-14H,7,10H2,1-3H3,(H,35,39). The number of carbonyl (C=O) groups excluding carboxylic acids is 2. The van der Waals surface area contributed by atoms with Crippen molar-refractivity contribution in [2.75, 3.05) is 16.8 Å². The van der Waals surface area contributed by atoms with Gasteiger partial charge in [0.05, 0.1) is 47.4 Å². The first kappa shape index (κ1) is 27.3. The van der Waals surface area contributed by atoms with E-state index in [2.05, 4.69) is 25.6 Å². The molecule has 1 aliphatic heterocycles. The monoisotopic (exact) mass is 565 g/mol. The molecule has 1 aromatic carbocycles. The fourth-order valence-corrected chi connectivity index (χ4v) is 4.38. The van der Waals surface area contributed by atoms with Crippen LogP contribution in [0.1, 0.15) is 48.0 Å². The molecule has 0 unspecified atom stereocenters. The van der Waals surface area contributed by atoms with Crippen LogP contribution < -0.4 is 10.2 Å². The Morgan fingerprint density at radius 1 is 1.07 bits per heavy atom. The maximum atomic E-state index is 14.4. The summed E-state index contributed by atoms with van der Waals surface area (Å²) in [5.74, 6) is -1.03. The third kappa shape index (κ3) is 5.31. The van der Waals surface area contributed by atoms with Gasteiger partial charge in [0.25, 0.3) is 5.91 Å². The van der Waals surface area contributed by atoms with Crippen molar-refractivity contribution in [2.24, 2.45) is 0 Å². The van der Waals surface area contributed by atoms with Crippen molar-refractivity contribution < 1.29 is 27.5 Å². The highest BCUT2D eigenvalue weighted by atomic mass is 19.4. The number of nitriles is 1. The number of fused-ring (bicyclic) bond motifs is 1. The highest BCUT2D eigenvalue weighted by Gasteiger charge is 2.42. The van der Waals surface area contributed by atoms with Crippen LogP contribution in [0.2, 0.25) is 0 Å². The molecule has 4 aromatic rings. The molecule has 210 valence electrons. The van der Waals surface area contributed by atoms with Gasteiger partial charge in [-0.3, -0.25) is 9.69 Å². The number of rotatable bonds is 4. The number of nitrogens with one attached hydrogen (secondary N) is 1. The SMILES string of the molecule is CC(C)(C)OC(=O)N1CCc2c1cccc2-n1ncc(C(=O)Nc2cnc(-n3nccn3)c(C#N)c2)c1C(F)(F)F. The van der Waals surface area contributed by atoms with E-state index < -0.39 is 35.0 Å². The number of hydrogen-bond acceptors (Lipinski definition) is 8. The number of hydrogen-bond donors (Lipinski definition) is 1. The lowest BCUT2D eigenvalue weighted by Crippen LogP contribution is -2.35. The summed E-state index contributed by atoms with van der Waals surface area (Å²) in [5.41, 5.74) is -1.91. The van der Waals surface area contributed by atoms with Gasteiger partial charge in [0.2, 0.25) is 0 Å². The van der Waals surface area contributed by atoms with Crippen LogP contribution in [-0.4, -0.2) is 53.9 Å². The molecule has 0 atom stereocenters. The van der Waals surface area contributed by atoms with E-state index in [-0.39, 0.29) is 35.7 Å². The number of nitrogens with zero attached hydrogens (tertiary/aromatic N) is 8. The molecule has 12 nitrogen and oxygen atoms in total. The molecule has 1 aliphatic rings. The Balaban J connectivity index is 1.49. The molecule has 0 radical (unpaired) electrons. The zero-order valence-corrected chi connectivity index (χ0v) is 22.0. The van der Waals surface area contributed by atoms with E-state index in [0.29, 0.717) is 15.9 Å². The van der Waals surface area contributed by atoms with Gasteiger partial charge in [0, 0.05) is 12.1 Å². The largest absolute Gasteiger partial charge is 0.443 e. The Hall–Kier alpha value is -5.26. The molecule has 0 spiro atoms. The first-order valence-corrected chi connectivity index (χ1v) is 12.2. The summed E-state index contributed by atoms with van der Waals surface area (Å²) in [6.45, 7) is 5.35. The summed E-state index contributed by atoms with van der Waals surface area (Å²) < 4.78 is 49.3. The van der Waals surface area contributed by atoms with E-state index >= 15 is 0 Å². The number of alkyl halides is 3. The fraction of sp³-hybridized carbons (Fsp3) is 0.269. The van der Waals surface area contributed by atoms with E-state index in [1.807, 2.05) is 6.07 Å². The van der Waals surface area contributed by atoms with E-state index in [9.17, 15) is 28.0 Å². The van der Waals surface area contributed by atoms with Crippen molar-refractivity contribution >= 4 is 23.4 Å². The molecule has 0 bridgehead atoms. The van der Waals surface area contributed by atoms with Crippen molar-refractivity contribution in [1.29, 1.82) is 5.26 Å². The summed E-state index contributed by atoms with van der Waals surface area (Å²) in [6.07, 6.45) is -0.587. The maximum Gasteiger partial charge on any atom is 0.434 e. The van der Waals surface area contributed by atoms with E-state index in [0.717, 1.165) is 11.0 Å². The summed E-state index contributed by atoms with van der Waals surface area (Å²) in [7, 11) is 0. The van der Waals surface area contributed by atoms with Gasteiger partial charge in [0.1, 0.15) is 17.2 Å². The normalized spacial score (nSPS) is 13.0. The van der Waals surface area contributed by atoms with E-state index in [4.69, 9.17) is 4.74 Å². The number of anilines is 2. The van der Waals surface area contributed by atoms with Crippen molar-refractivity contribution in [3.63, 3.8) is 0 Å². The number of halogens is 3. The summed E-state index contributed by atoms with van der Waals surface area (Å²) >= 11 is 0. The van der Waals surface area contributed by atoms with Crippen molar-refractivity contribution in [3.8, 4) is 17.6 Å². The second-order valence-electron chi connectivity index (χ2n) is 9.95. The van der Waals surface area contributed by atoms with Crippen LogP contribution in [0.25, 0.3) is 11.5 Å². The molecule has 0 saturated carbocycles. The lowest BCUT2D eigenvalue weighted by atomic mass is 10.1. The molecule has 3 aromatic heterocycles. The lowest BCUT2D eigenvalue weighted by molar-refractivity contribution is -0.143. The Bertz CT molecular complexity index is 1680. The predicted octanol–water partition coefficient (Wildman–Crippen LogP) is 4.29. The third-order valence-electron chi connectivity index (χ3n) is 5.98. The van der Waals surface area contributed by atoms with Crippen LogP contribution in [0.4, 0.5) is 29.3 Å². The highest BCUT2D eigenvalue weighted by molar-refractivity contribution is 6.05. The molecular weight excluding hydrogens is 543 g/mol. The molecule has 41 heavy (non-hydrogen) atoms. The Morgan fingerprint density at radius 2 is 1.78 bits per heavy atom. The summed E-state index contributed by atoms with van der Waals surface area (Å²) in [6, 6.07) is 7.70. The van der Waals surface area contributed by atoms with Crippen LogP contribution in [0.5, 0.6) is 0 Å². The number of benzene rings is 1. The molecular formula is C26H22F3N9O3. The fourth-order valence-electron chi connectivity index (χ4n) is 4.38. The Labute approximate surface area is 231 Å². The lowest BCUT2D eigenvalue weighted by Gasteiger charge is -2.25. The molecule has 5 rings (SSSR count). The number of amides is 2.